The van der Waals surface area contributed by atoms with Gasteiger partial charge in [0.1, 0.15) is 23.9 Å². The molecule has 5 aromatic carbocycles. The van der Waals surface area contributed by atoms with E-state index in [1.165, 1.54) is 12.1 Å². The van der Waals surface area contributed by atoms with E-state index in [9.17, 15) is 31.1 Å². The van der Waals surface area contributed by atoms with Gasteiger partial charge in [0.2, 0.25) is 0 Å². The first-order valence-electron chi connectivity index (χ1n) is 15.7. The van der Waals surface area contributed by atoms with Gasteiger partial charge in [-0.3, -0.25) is 0 Å². The summed E-state index contributed by atoms with van der Waals surface area (Å²) >= 11 is 0. The number of halogens is 6. The maximum absolute atomic E-state index is 13.4. The van der Waals surface area contributed by atoms with Crippen LogP contribution in [0.25, 0.3) is 27.8 Å². The van der Waals surface area contributed by atoms with Crippen molar-refractivity contribution in [2.45, 2.75) is 26.2 Å². The third-order valence-corrected chi connectivity index (χ3v) is 7.86. The summed E-state index contributed by atoms with van der Waals surface area (Å²) in [6, 6.07) is 28.8. The van der Waals surface area contributed by atoms with E-state index in [1.807, 2.05) is 0 Å². The highest BCUT2D eigenvalue weighted by atomic mass is 19.4. The number of aryl methyl sites for hydroxylation is 1. The number of rotatable bonds is 12. The first-order valence-corrected chi connectivity index (χ1v) is 15.7. The number of carboxylic acid groups (broad SMARTS) is 1. The van der Waals surface area contributed by atoms with Crippen molar-refractivity contribution in [2.24, 2.45) is 0 Å². The van der Waals surface area contributed by atoms with Crippen molar-refractivity contribution >= 4 is 11.5 Å². The Morgan fingerprint density at radius 1 is 0.627 bits per heavy atom. The molecular formula is C40H32F6O5. The predicted octanol–water partition coefficient (Wildman–Crippen LogP) is 10.7. The third kappa shape index (κ3) is 9.30. The molecule has 264 valence electrons. The maximum Gasteiger partial charge on any atom is 0.416 e. The molecule has 0 radical (unpaired) electrons. The van der Waals surface area contributed by atoms with Crippen molar-refractivity contribution in [3.63, 3.8) is 0 Å². The lowest BCUT2D eigenvalue weighted by atomic mass is 9.92. The number of aliphatic carboxylic acids is 1. The normalized spacial score (nSPS) is 11.5. The molecule has 0 atom stereocenters. The second-order valence-corrected chi connectivity index (χ2v) is 11.4. The molecule has 0 fully saturated rings. The first kappa shape index (κ1) is 36.6. The predicted molar refractivity (Wildman–Crippen MR) is 181 cm³/mol. The minimum Gasteiger partial charge on any atom is -0.494 e. The van der Waals surface area contributed by atoms with Crippen molar-refractivity contribution in [3.05, 3.63) is 149 Å². The second-order valence-electron chi connectivity index (χ2n) is 11.4. The Kier molecular flexibility index (Phi) is 11.1. The lowest BCUT2D eigenvalue weighted by molar-refractivity contribution is -0.139. The van der Waals surface area contributed by atoms with Crippen LogP contribution < -0.4 is 9.47 Å². The molecular weight excluding hydrogens is 674 g/mol. The summed E-state index contributed by atoms with van der Waals surface area (Å²) in [5.74, 6) is 0.138. The van der Waals surface area contributed by atoms with Gasteiger partial charge < -0.3 is 19.3 Å². The first-order chi connectivity index (χ1) is 24.2. The van der Waals surface area contributed by atoms with Gasteiger partial charge in [-0.05, 0) is 95.3 Å². The van der Waals surface area contributed by atoms with Gasteiger partial charge in [-0.15, -0.1) is 0 Å². The van der Waals surface area contributed by atoms with Crippen molar-refractivity contribution in [1.29, 1.82) is 0 Å². The van der Waals surface area contributed by atoms with E-state index in [1.54, 1.807) is 92.7 Å². The molecule has 0 saturated carbocycles. The summed E-state index contributed by atoms with van der Waals surface area (Å²) in [7, 11) is 0. The van der Waals surface area contributed by atoms with Gasteiger partial charge in [-0.1, -0.05) is 72.8 Å². The minimum atomic E-state index is -4.50. The van der Waals surface area contributed by atoms with E-state index < -0.39 is 36.1 Å². The maximum atomic E-state index is 13.4. The van der Waals surface area contributed by atoms with Gasteiger partial charge >= 0.3 is 18.3 Å². The molecule has 0 heterocycles. The van der Waals surface area contributed by atoms with Crippen LogP contribution in [-0.4, -0.2) is 30.9 Å². The molecule has 5 nitrogen and oxygen atoms in total. The van der Waals surface area contributed by atoms with Crippen LogP contribution in [0, 0.1) is 6.92 Å². The smallest absolute Gasteiger partial charge is 0.416 e. The van der Waals surface area contributed by atoms with Gasteiger partial charge in [0.05, 0.1) is 17.7 Å². The highest BCUT2D eigenvalue weighted by Gasteiger charge is 2.31. The molecule has 0 bridgehead atoms. The molecule has 0 spiro atoms. The van der Waals surface area contributed by atoms with Crippen molar-refractivity contribution in [3.8, 4) is 33.8 Å². The molecule has 0 saturated heterocycles. The molecule has 0 unspecified atom stereocenters. The largest absolute Gasteiger partial charge is 0.494 e. The minimum absolute atomic E-state index is 0.0529. The van der Waals surface area contributed by atoms with Crippen LogP contribution in [0.1, 0.15) is 34.7 Å². The van der Waals surface area contributed by atoms with E-state index >= 15 is 0 Å². The fraction of sp³-hybridized carbons (Fsp3) is 0.175. The summed E-state index contributed by atoms with van der Waals surface area (Å²) in [6.07, 6.45) is -8.99. The van der Waals surface area contributed by atoms with E-state index in [-0.39, 0.29) is 13.2 Å². The number of benzene rings is 5. The summed E-state index contributed by atoms with van der Waals surface area (Å²) in [4.78, 5) is 10.9. The Hall–Kier alpha value is -5.71. The molecule has 0 aliphatic heterocycles. The zero-order valence-corrected chi connectivity index (χ0v) is 27.4. The van der Waals surface area contributed by atoms with Crippen LogP contribution in [0.15, 0.2) is 121 Å². The van der Waals surface area contributed by atoms with Gasteiger partial charge in [0.25, 0.3) is 0 Å². The monoisotopic (exact) mass is 706 g/mol. The number of hydrogen-bond acceptors (Lipinski definition) is 4. The van der Waals surface area contributed by atoms with Crippen LogP contribution in [0.2, 0.25) is 0 Å². The molecule has 51 heavy (non-hydrogen) atoms. The number of hydrogen-bond donors (Lipinski definition) is 1. The summed E-state index contributed by atoms with van der Waals surface area (Å²) in [5, 5.41) is 8.93. The lowest BCUT2D eigenvalue weighted by Crippen LogP contribution is -2.11. The Labute approximate surface area is 290 Å². The molecule has 0 aliphatic rings. The van der Waals surface area contributed by atoms with Crippen LogP contribution in [0.4, 0.5) is 26.3 Å². The highest BCUT2D eigenvalue weighted by Crippen LogP contribution is 2.36. The molecule has 0 aromatic heterocycles. The van der Waals surface area contributed by atoms with E-state index in [0.29, 0.717) is 61.8 Å². The zero-order chi connectivity index (χ0) is 36.8. The molecule has 1 N–H and O–H groups in total. The lowest BCUT2D eigenvalue weighted by Gasteiger charge is -2.19. The third-order valence-electron chi connectivity index (χ3n) is 7.86. The SMILES string of the molecule is CCOC(COc1ccc(OCC(=O)O)c(C)c1)=C(c1ccc(-c2cccc(C(F)(F)F)c2)cc1)c1ccc(-c2cccc(C(F)(F)F)c2)cc1. The van der Waals surface area contributed by atoms with Crippen LogP contribution in [0.3, 0.4) is 0 Å². The number of alkyl halides is 6. The Balaban J connectivity index is 1.54. The van der Waals surface area contributed by atoms with Crippen LogP contribution >= 0.6 is 0 Å². The summed E-state index contributed by atoms with van der Waals surface area (Å²) in [5.41, 5.74) is 2.89. The molecule has 0 aliphatic carbocycles. The van der Waals surface area contributed by atoms with E-state index in [2.05, 4.69) is 0 Å². The molecule has 5 aromatic rings. The highest BCUT2D eigenvalue weighted by molar-refractivity contribution is 5.83. The van der Waals surface area contributed by atoms with Gasteiger partial charge in [0, 0.05) is 5.57 Å². The second kappa shape index (κ2) is 15.5. The quantitative estimate of drug-likeness (QED) is 0.103. The Morgan fingerprint density at radius 2 is 1.14 bits per heavy atom. The van der Waals surface area contributed by atoms with Crippen LogP contribution in [0.5, 0.6) is 11.5 Å². The fourth-order valence-corrected chi connectivity index (χ4v) is 5.42. The average molecular weight is 707 g/mol. The Morgan fingerprint density at radius 3 is 1.57 bits per heavy atom. The number of carbonyl (C=O) groups is 1. The standard InChI is InChI=1S/C40H32F6O5/c1-3-49-36(23-50-34-18-19-35(25(2)20-34)51-24-37(47)48)38(28-14-10-26(11-15-28)30-6-4-8-32(21-30)39(41,42)43)29-16-12-27(13-17-29)31-7-5-9-33(22-31)40(44,45)46/h4-22H,3,23-24H2,1-2H3,(H,47,48). The van der Waals surface area contributed by atoms with Crippen molar-refractivity contribution in [2.75, 3.05) is 19.8 Å². The average Bonchev–Trinajstić information content (AvgIpc) is 3.10. The molecule has 0 amide bonds. The summed E-state index contributed by atoms with van der Waals surface area (Å²) in [6.45, 7) is 3.24. The zero-order valence-electron chi connectivity index (χ0n) is 27.4. The van der Waals surface area contributed by atoms with Gasteiger partial charge in [-0.25, -0.2) is 4.79 Å². The number of ether oxygens (including phenoxy) is 3. The van der Waals surface area contributed by atoms with E-state index in [0.717, 1.165) is 24.3 Å². The van der Waals surface area contributed by atoms with Crippen molar-refractivity contribution < 1.29 is 50.5 Å². The fourth-order valence-electron chi connectivity index (χ4n) is 5.42. The van der Waals surface area contributed by atoms with Gasteiger partial charge in [-0.2, -0.15) is 26.3 Å². The van der Waals surface area contributed by atoms with Gasteiger partial charge in [0.15, 0.2) is 6.61 Å². The molecule has 5 rings (SSSR count). The van der Waals surface area contributed by atoms with Crippen molar-refractivity contribution in [1.82, 2.24) is 0 Å². The van der Waals surface area contributed by atoms with E-state index in [4.69, 9.17) is 19.3 Å². The Bertz CT molecular complexity index is 1910. The number of carboxylic acids is 1. The molecule has 11 heteroatoms. The summed E-state index contributed by atoms with van der Waals surface area (Å²) < 4.78 is 97.9. The van der Waals surface area contributed by atoms with Crippen LogP contribution in [-0.2, 0) is 21.9 Å². The topological polar surface area (TPSA) is 65.0 Å².